The number of rotatable bonds is 8. The molecule has 4 rings (SSSR count). The second kappa shape index (κ2) is 11.8. The summed E-state index contributed by atoms with van der Waals surface area (Å²) in [5.74, 6) is 0.685. The number of benzene rings is 1. The van der Waals surface area contributed by atoms with E-state index in [0.717, 1.165) is 51.7 Å². The quantitative estimate of drug-likeness (QED) is 0.525. The van der Waals surface area contributed by atoms with E-state index in [2.05, 4.69) is 9.80 Å². The van der Waals surface area contributed by atoms with Gasteiger partial charge in [-0.1, -0.05) is 19.3 Å². The third-order valence-electron chi connectivity index (χ3n) is 8.45. The fourth-order valence-electron chi connectivity index (χ4n) is 6.30. The average molecular weight is 521 g/mol. The molecule has 1 atom stereocenters. The molecule has 3 fully saturated rings. The summed E-state index contributed by atoms with van der Waals surface area (Å²) in [5.41, 5.74) is 1.30. The van der Waals surface area contributed by atoms with E-state index in [4.69, 9.17) is 4.74 Å². The monoisotopic (exact) mass is 520 g/mol. The molecular weight excluding hydrogens is 476 g/mol. The third-order valence-corrected chi connectivity index (χ3v) is 10.6. The van der Waals surface area contributed by atoms with Crippen LogP contribution in [-0.4, -0.2) is 105 Å². The SMILES string of the molecule is COc1cc(C)c(S(=O)(=O)N(C)CCC(=O)N2CCC(N3CCN(C4CCCCC4)CC3)C2)c(C)c1. The van der Waals surface area contributed by atoms with Crippen LogP contribution in [-0.2, 0) is 14.8 Å². The van der Waals surface area contributed by atoms with Crippen molar-refractivity contribution < 1.29 is 17.9 Å². The van der Waals surface area contributed by atoms with Gasteiger partial charge in [0.1, 0.15) is 5.75 Å². The highest BCUT2D eigenvalue weighted by molar-refractivity contribution is 7.89. The minimum absolute atomic E-state index is 0.0450. The van der Waals surface area contributed by atoms with Crippen molar-refractivity contribution in [1.82, 2.24) is 19.0 Å². The average Bonchev–Trinajstić information content (AvgIpc) is 3.37. The maximum absolute atomic E-state index is 13.3. The lowest BCUT2D eigenvalue weighted by Gasteiger charge is -2.42. The van der Waals surface area contributed by atoms with E-state index < -0.39 is 10.0 Å². The molecule has 3 aliphatic rings. The van der Waals surface area contributed by atoms with Gasteiger partial charge in [-0.15, -0.1) is 0 Å². The van der Waals surface area contributed by atoms with E-state index in [1.54, 1.807) is 40.1 Å². The van der Waals surface area contributed by atoms with Gasteiger partial charge in [0.15, 0.2) is 0 Å². The molecule has 2 heterocycles. The zero-order chi connectivity index (χ0) is 25.9. The fraction of sp³-hybridized carbons (Fsp3) is 0.741. The molecule has 1 unspecified atom stereocenters. The summed E-state index contributed by atoms with van der Waals surface area (Å²) in [5, 5.41) is 0. The molecule has 202 valence electrons. The Hall–Kier alpha value is -1.68. The Bertz CT molecular complexity index is 994. The number of nitrogens with zero attached hydrogens (tertiary/aromatic N) is 4. The van der Waals surface area contributed by atoms with E-state index in [9.17, 15) is 13.2 Å². The number of carbonyl (C=O) groups is 1. The maximum Gasteiger partial charge on any atom is 0.243 e. The van der Waals surface area contributed by atoms with Gasteiger partial charge in [-0.3, -0.25) is 14.6 Å². The van der Waals surface area contributed by atoms with Crippen LogP contribution in [0.15, 0.2) is 17.0 Å². The van der Waals surface area contributed by atoms with Crippen LogP contribution in [0.4, 0.5) is 0 Å². The molecule has 1 amide bonds. The lowest BCUT2D eigenvalue weighted by atomic mass is 9.93. The summed E-state index contributed by atoms with van der Waals surface area (Å²) in [6.45, 7) is 9.71. The lowest BCUT2D eigenvalue weighted by Crippen LogP contribution is -2.54. The van der Waals surface area contributed by atoms with E-state index >= 15 is 0 Å². The minimum atomic E-state index is -3.69. The number of likely N-dealkylation sites (tertiary alicyclic amines) is 1. The molecule has 2 aliphatic heterocycles. The largest absolute Gasteiger partial charge is 0.497 e. The van der Waals surface area contributed by atoms with E-state index in [-0.39, 0.29) is 18.9 Å². The number of hydrogen-bond donors (Lipinski definition) is 0. The first-order valence-electron chi connectivity index (χ1n) is 13.6. The van der Waals surface area contributed by atoms with Crippen molar-refractivity contribution in [3.63, 3.8) is 0 Å². The fourth-order valence-corrected chi connectivity index (χ4v) is 7.88. The van der Waals surface area contributed by atoms with E-state index in [1.165, 1.54) is 36.4 Å². The molecule has 0 bridgehead atoms. The Morgan fingerprint density at radius 3 is 2.11 bits per heavy atom. The number of aryl methyl sites for hydroxylation is 2. The molecule has 0 N–H and O–H groups in total. The Labute approximate surface area is 217 Å². The molecule has 1 aliphatic carbocycles. The normalized spacial score (nSPS) is 22.9. The van der Waals surface area contributed by atoms with Crippen LogP contribution in [0.25, 0.3) is 0 Å². The Morgan fingerprint density at radius 2 is 1.53 bits per heavy atom. The molecule has 0 spiro atoms. The smallest absolute Gasteiger partial charge is 0.243 e. The highest BCUT2D eigenvalue weighted by Gasteiger charge is 2.34. The van der Waals surface area contributed by atoms with Gasteiger partial charge >= 0.3 is 0 Å². The van der Waals surface area contributed by atoms with Crippen LogP contribution in [0.5, 0.6) is 5.75 Å². The number of piperazine rings is 1. The summed E-state index contributed by atoms with van der Waals surface area (Å²) in [6, 6.07) is 4.67. The van der Waals surface area contributed by atoms with Gasteiger partial charge in [-0.05, 0) is 56.4 Å². The molecular formula is C27H44N4O4S. The Morgan fingerprint density at radius 1 is 0.944 bits per heavy atom. The van der Waals surface area contributed by atoms with Crippen LogP contribution < -0.4 is 4.74 Å². The zero-order valence-electron chi connectivity index (χ0n) is 22.5. The molecule has 1 aromatic rings. The van der Waals surface area contributed by atoms with Crippen molar-refractivity contribution >= 4 is 15.9 Å². The van der Waals surface area contributed by atoms with Gasteiger partial charge in [0.25, 0.3) is 0 Å². The summed E-state index contributed by atoms with van der Waals surface area (Å²) in [7, 11) is -0.563. The first-order valence-corrected chi connectivity index (χ1v) is 15.0. The van der Waals surface area contributed by atoms with Gasteiger partial charge in [0, 0.05) is 71.4 Å². The van der Waals surface area contributed by atoms with E-state index in [1.807, 2.05) is 4.90 Å². The van der Waals surface area contributed by atoms with Crippen molar-refractivity contribution in [2.75, 3.05) is 60.0 Å². The maximum atomic E-state index is 13.3. The number of hydrogen-bond acceptors (Lipinski definition) is 6. The Kier molecular flexibility index (Phi) is 8.96. The van der Waals surface area contributed by atoms with Crippen LogP contribution in [0, 0.1) is 13.8 Å². The second-order valence-corrected chi connectivity index (χ2v) is 12.8. The van der Waals surface area contributed by atoms with Gasteiger partial charge in [0.05, 0.1) is 12.0 Å². The Balaban J connectivity index is 1.26. The summed E-state index contributed by atoms with van der Waals surface area (Å²) in [6.07, 6.45) is 8.06. The standard InChI is InChI=1S/C27H44N4O4S/c1-21-18-25(35-4)19-22(2)27(21)36(33,34)28(3)12-11-26(32)31-13-10-24(20-31)30-16-14-29(15-17-30)23-8-6-5-7-9-23/h18-19,23-24H,5-17,20H2,1-4H3. The molecule has 1 saturated carbocycles. The molecule has 1 aromatic carbocycles. The molecule has 0 radical (unpaired) electrons. The first-order chi connectivity index (χ1) is 17.2. The number of carbonyl (C=O) groups excluding carboxylic acids is 1. The second-order valence-electron chi connectivity index (χ2n) is 10.8. The predicted octanol–water partition coefficient (Wildman–Crippen LogP) is 2.87. The first kappa shape index (κ1) is 27.4. The van der Waals surface area contributed by atoms with Crippen LogP contribution in [0.2, 0.25) is 0 Å². The number of sulfonamides is 1. The topological polar surface area (TPSA) is 73.4 Å². The minimum Gasteiger partial charge on any atom is -0.497 e. The van der Waals surface area contributed by atoms with Crippen molar-refractivity contribution in [1.29, 1.82) is 0 Å². The summed E-state index contributed by atoms with van der Waals surface area (Å²) < 4.78 is 33.1. The number of methoxy groups -OCH3 is 1. The number of ether oxygens (including phenoxy) is 1. The van der Waals surface area contributed by atoms with Gasteiger partial charge in [-0.25, -0.2) is 12.7 Å². The van der Waals surface area contributed by atoms with Crippen molar-refractivity contribution in [3.8, 4) is 5.75 Å². The highest BCUT2D eigenvalue weighted by atomic mass is 32.2. The zero-order valence-corrected chi connectivity index (χ0v) is 23.4. The van der Waals surface area contributed by atoms with Crippen molar-refractivity contribution in [2.45, 2.75) is 75.8 Å². The van der Waals surface area contributed by atoms with E-state index in [0.29, 0.717) is 27.8 Å². The third kappa shape index (κ3) is 6.06. The summed E-state index contributed by atoms with van der Waals surface area (Å²) in [4.78, 5) is 20.5. The van der Waals surface area contributed by atoms with Gasteiger partial charge in [0.2, 0.25) is 15.9 Å². The lowest BCUT2D eigenvalue weighted by molar-refractivity contribution is -0.130. The predicted molar refractivity (Wildman–Crippen MR) is 142 cm³/mol. The molecule has 8 nitrogen and oxygen atoms in total. The van der Waals surface area contributed by atoms with Crippen LogP contribution >= 0.6 is 0 Å². The van der Waals surface area contributed by atoms with Crippen molar-refractivity contribution in [2.24, 2.45) is 0 Å². The van der Waals surface area contributed by atoms with Crippen LogP contribution in [0.1, 0.15) is 56.1 Å². The molecule has 0 aromatic heterocycles. The molecule has 2 saturated heterocycles. The van der Waals surface area contributed by atoms with Gasteiger partial charge < -0.3 is 9.64 Å². The van der Waals surface area contributed by atoms with Crippen molar-refractivity contribution in [3.05, 3.63) is 23.3 Å². The summed E-state index contributed by atoms with van der Waals surface area (Å²) >= 11 is 0. The molecule has 9 heteroatoms. The molecule has 36 heavy (non-hydrogen) atoms. The van der Waals surface area contributed by atoms with Crippen LogP contribution in [0.3, 0.4) is 0 Å². The van der Waals surface area contributed by atoms with Gasteiger partial charge in [-0.2, -0.15) is 0 Å². The number of amides is 1. The highest BCUT2D eigenvalue weighted by Crippen LogP contribution is 2.28.